The maximum Gasteiger partial charge on any atom is 0.315 e. The minimum Gasteiger partial charge on any atom is -0.497 e. The van der Waals surface area contributed by atoms with Gasteiger partial charge in [-0.15, -0.1) is 0 Å². The first-order valence-corrected chi connectivity index (χ1v) is 6.87. The van der Waals surface area contributed by atoms with Crippen molar-refractivity contribution >= 4 is 6.03 Å². The van der Waals surface area contributed by atoms with E-state index >= 15 is 0 Å². The molecule has 4 heteroatoms. The van der Waals surface area contributed by atoms with Gasteiger partial charge in [-0.05, 0) is 30.2 Å². The van der Waals surface area contributed by atoms with Crippen LogP contribution in [0.25, 0.3) is 0 Å². The third kappa shape index (κ3) is 4.84. The smallest absolute Gasteiger partial charge is 0.315 e. The van der Waals surface area contributed by atoms with Gasteiger partial charge >= 0.3 is 6.03 Å². The van der Waals surface area contributed by atoms with Crippen molar-refractivity contribution < 1.29 is 9.53 Å². The Morgan fingerprint density at radius 3 is 2.24 bits per heavy atom. The van der Waals surface area contributed by atoms with E-state index in [9.17, 15) is 4.79 Å². The lowest BCUT2D eigenvalue weighted by molar-refractivity contribution is 0.240. The first-order chi connectivity index (χ1) is 10.2. The second kappa shape index (κ2) is 7.33. The molecule has 2 N–H and O–H groups in total. The van der Waals surface area contributed by atoms with Crippen LogP contribution in [0.3, 0.4) is 0 Å². The number of urea groups is 1. The van der Waals surface area contributed by atoms with Crippen molar-refractivity contribution in [2.45, 2.75) is 20.0 Å². The molecule has 2 aromatic rings. The van der Waals surface area contributed by atoms with Crippen LogP contribution in [0.4, 0.5) is 4.79 Å². The molecule has 4 nitrogen and oxygen atoms in total. The zero-order chi connectivity index (χ0) is 15.1. The van der Waals surface area contributed by atoms with Crippen LogP contribution in [0, 0.1) is 6.92 Å². The summed E-state index contributed by atoms with van der Waals surface area (Å²) in [5.74, 6) is 0.787. The van der Waals surface area contributed by atoms with E-state index in [1.807, 2.05) is 49.4 Å². The SMILES string of the molecule is COc1cccc(CNC(=O)NCc2cccc(C)c2)c1. The molecule has 0 saturated heterocycles. The predicted molar refractivity (Wildman–Crippen MR) is 83.2 cm³/mol. The Morgan fingerprint density at radius 1 is 1.00 bits per heavy atom. The van der Waals surface area contributed by atoms with Gasteiger partial charge in [-0.25, -0.2) is 4.79 Å². The van der Waals surface area contributed by atoms with Gasteiger partial charge < -0.3 is 15.4 Å². The molecule has 0 fully saturated rings. The van der Waals surface area contributed by atoms with Gasteiger partial charge in [0.05, 0.1) is 7.11 Å². The van der Waals surface area contributed by atoms with Gasteiger partial charge in [0, 0.05) is 13.1 Å². The molecule has 0 saturated carbocycles. The lowest BCUT2D eigenvalue weighted by atomic mass is 10.1. The summed E-state index contributed by atoms with van der Waals surface area (Å²) >= 11 is 0. The van der Waals surface area contributed by atoms with E-state index in [4.69, 9.17) is 4.74 Å². The summed E-state index contributed by atoms with van der Waals surface area (Å²) in [6.45, 7) is 3.02. The lowest BCUT2D eigenvalue weighted by Gasteiger charge is -2.09. The molecule has 2 rings (SSSR count). The maximum atomic E-state index is 11.8. The molecule has 0 bridgehead atoms. The predicted octanol–water partition coefficient (Wildman–Crippen LogP) is 3.00. The number of nitrogens with one attached hydrogen (secondary N) is 2. The minimum atomic E-state index is -0.181. The van der Waals surface area contributed by atoms with Crippen molar-refractivity contribution in [1.82, 2.24) is 10.6 Å². The maximum absolute atomic E-state index is 11.8. The van der Waals surface area contributed by atoms with Crippen molar-refractivity contribution in [3.63, 3.8) is 0 Å². The van der Waals surface area contributed by atoms with E-state index in [-0.39, 0.29) is 6.03 Å². The normalized spacial score (nSPS) is 10.0. The fraction of sp³-hybridized carbons (Fsp3) is 0.235. The van der Waals surface area contributed by atoms with Crippen LogP contribution in [0.5, 0.6) is 5.75 Å². The summed E-state index contributed by atoms with van der Waals surface area (Å²) in [5, 5.41) is 5.67. The van der Waals surface area contributed by atoms with Gasteiger partial charge in [0.25, 0.3) is 0 Å². The molecule has 0 aliphatic rings. The quantitative estimate of drug-likeness (QED) is 0.886. The Kier molecular flexibility index (Phi) is 5.21. The zero-order valence-corrected chi connectivity index (χ0v) is 12.3. The van der Waals surface area contributed by atoms with Crippen LogP contribution in [0.2, 0.25) is 0 Å². The first-order valence-electron chi connectivity index (χ1n) is 6.87. The number of aryl methyl sites for hydroxylation is 1. The fourth-order valence-electron chi connectivity index (χ4n) is 2.03. The highest BCUT2D eigenvalue weighted by molar-refractivity contribution is 5.73. The molecule has 110 valence electrons. The number of ether oxygens (including phenoxy) is 1. The Labute approximate surface area is 125 Å². The lowest BCUT2D eigenvalue weighted by Crippen LogP contribution is -2.34. The van der Waals surface area contributed by atoms with Gasteiger partial charge in [-0.2, -0.15) is 0 Å². The largest absolute Gasteiger partial charge is 0.497 e. The van der Waals surface area contributed by atoms with Gasteiger partial charge in [-0.1, -0.05) is 42.0 Å². The fourth-order valence-corrected chi connectivity index (χ4v) is 2.03. The van der Waals surface area contributed by atoms with Crippen LogP contribution >= 0.6 is 0 Å². The summed E-state index contributed by atoms with van der Waals surface area (Å²) in [6, 6.07) is 15.5. The number of rotatable bonds is 5. The van der Waals surface area contributed by atoms with Gasteiger partial charge in [0.15, 0.2) is 0 Å². The molecule has 2 aromatic carbocycles. The van der Waals surface area contributed by atoms with Crippen LogP contribution in [0.1, 0.15) is 16.7 Å². The average molecular weight is 284 g/mol. The average Bonchev–Trinajstić information content (AvgIpc) is 2.51. The van der Waals surface area contributed by atoms with E-state index in [2.05, 4.69) is 16.7 Å². The Hall–Kier alpha value is -2.49. The number of hydrogen-bond acceptors (Lipinski definition) is 2. The highest BCUT2D eigenvalue weighted by Gasteiger charge is 2.02. The first kappa shape index (κ1) is 14.9. The number of benzene rings is 2. The van der Waals surface area contributed by atoms with Crippen LogP contribution in [-0.2, 0) is 13.1 Å². The highest BCUT2D eigenvalue weighted by Crippen LogP contribution is 2.12. The Morgan fingerprint density at radius 2 is 1.62 bits per heavy atom. The minimum absolute atomic E-state index is 0.181. The second-order valence-electron chi connectivity index (χ2n) is 4.88. The van der Waals surface area contributed by atoms with Crippen LogP contribution in [0.15, 0.2) is 48.5 Å². The van der Waals surface area contributed by atoms with Crippen molar-refractivity contribution in [3.8, 4) is 5.75 Å². The molecule has 0 radical (unpaired) electrons. The number of amides is 2. The van der Waals surface area contributed by atoms with E-state index in [1.54, 1.807) is 7.11 Å². The molecule has 0 atom stereocenters. The molecule has 0 heterocycles. The van der Waals surface area contributed by atoms with E-state index in [1.165, 1.54) is 5.56 Å². The molecular formula is C17H20N2O2. The highest BCUT2D eigenvalue weighted by atomic mass is 16.5. The van der Waals surface area contributed by atoms with E-state index in [0.29, 0.717) is 13.1 Å². The van der Waals surface area contributed by atoms with Crippen molar-refractivity contribution in [2.24, 2.45) is 0 Å². The zero-order valence-electron chi connectivity index (χ0n) is 12.3. The molecule has 0 aliphatic heterocycles. The molecule has 0 spiro atoms. The topological polar surface area (TPSA) is 50.4 Å². The summed E-state index contributed by atoms with van der Waals surface area (Å²) in [7, 11) is 1.63. The van der Waals surface area contributed by atoms with Crippen LogP contribution < -0.4 is 15.4 Å². The van der Waals surface area contributed by atoms with Gasteiger partial charge in [0.2, 0.25) is 0 Å². The van der Waals surface area contributed by atoms with Crippen molar-refractivity contribution in [3.05, 3.63) is 65.2 Å². The Bertz CT molecular complexity index is 611. The van der Waals surface area contributed by atoms with Crippen molar-refractivity contribution in [2.75, 3.05) is 7.11 Å². The van der Waals surface area contributed by atoms with E-state index in [0.717, 1.165) is 16.9 Å². The summed E-state index contributed by atoms with van der Waals surface area (Å²) < 4.78 is 5.15. The van der Waals surface area contributed by atoms with Crippen molar-refractivity contribution in [1.29, 1.82) is 0 Å². The molecule has 0 aromatic heterocycles. The number of hydrogen-bond donors (Lipinski definition) is 2. The molecule has 2 amide bonds. The third-order valence-electron chi connectivity index (χ3n) is 3.12. The van der Waals surface area contributed by atoms with Gasteiger partial charge in [-0.3, -0.25) is 0 Å². The van der Waals surface area contributed by atoms with Crippen LogP contribution in [-0.4, -0.2) is 13.1 Å². The number of carbonyl (C=O) groups excluding carboxylic acids is 1. The standard InChI is InChI=1S/C17H20N2O2/c1-13-5-3-6-14(9-13)11-18-17(20)19-12-15-7-4-8-16(10-15)21-2/h3-10H,11-12H2,1-2H3,(H2,18,19,20). The summed E-state index contributed by atoms with van der Waals surface area (Å²) in [5.41, 5.74) is 3.28. The molecular weight excluding hydrogens is 264 g/mol. The molecule has 21 heavy (non-hydrogen) atoms. The summed E-state index contributed by atoms with van der Waals surface area (Å²) in [6.07, 6.45) is 0. The number of methoxy groups -OCH3 is 1. The number of carbonyl (C=O) groups is 1. The monoisotopic (exact) mass is 284 g/mol. The van der Waals surface area contributed by atoms with E-state index < -0.39 is 0 Å². The second-order valence-corrected chi connectivity index (χ2v) is 4.88. The van der Waals surface area contributed by atoms with Gasteiger partial charge in [0.1, 0.15) is 5.75 Å². The molecule has 0 aliphatic carbocycles. The Balaban J connectivity index is 1.79. The third-order valence-corrected chi connectivity index (χ3v) is 3.12. The summed E-state index contributed by atoms with van der Waals surface area (Å²) in [4.78, 5) is 11.8. The molecule has 0 unspecified atom stereocenters.